The van der Waals surface area contributed by atoms with E-state index in [-0.39, 0.29) is 12.1 Å². The number of amides is 1. The number of piperazine rings is 1. The molecule has 2 aliphatic rings. The molecule has 5 heteroatoms. The van der Waals surface area contributed by atoms with Crippen molar-refractivity contribution in [3.05, 3.63) is 0 Å². The summed E-state index contributed by atoms with van der Waals surface area (Å²) in [5.74, 6) is 0.676. The molecule has 2 aliphatic heterocycles. The third-order valence-corrected chi connectivity index (χ3v) is 4.62. The molecular weight excluding hydrogens is 266 g/mol. The fourth-order valence-electron chi connectivity index (χ4n) is 3.59. The summed E-state index contributed by atoms with van der Waals surface area (Å²) in [4.78, 5) is 19.5. The highest BCUT2D eigenvalue weighted by Gasteiger charge is 2.34. The van der Waals surface area contributed by atoms with Gasteiger partial charge in [0.25, 0.3) is 0 Å². The summed E-state index contributed by atoms with van der Waals surface area (Å²) in [6.45, 7) is 12.3. The van der Waals surface area contributed by atoms with Crippen molar-refractivity contribution >= 4 is 5.91 Å². The fourth-order valence-corrected chi connectivity index (χ4v) is 3.59. The summed E-state index contributed by atoms with van der Waals surface area (Å²) in [5, 5.41) is 9.46. The van der Waals surface area contributed by atoms with Gasteiger partial charge in [0.05, 0.1) is 12.1 Å². The standard InChI is InChI=1S/C16H31N3O2/c1-13(2)15(18-6-4-5-7-18)16(21)19-10-8-17(9-11-19)12-14(3)20/h13-15,20H,4-12H2,1-3H3/t14-,15-/m1/s1. The molecule has 0 aliphatic carbocycles. The summed E-state index contributed by atoms with van der Waals surface area (Å²) in [6.07, 6.45) is 2.15. The van der Waals surface area contributed by atoms with Gasteiger partial charge in [0.1, 0.15) is 0 Å². The lowest BCUT2D eigenvalue weighted by molar-refractivity contribution is -0.140. The van der Waals surface area contributed by atoms with Gasteiger partial charge in [-0.05, 0) is 38.8 Å². The first-order valence-corrected chi connectivity index (χ1v) is 8.42. The van der Waals surface area contributed by atoms with Crippen molar-refractivity contribution in [2.24, 2.45) is 5.92 Å². The number of carbonyl (C=O) groups excluding carboxylic acids is 1. The zero-order valence-electron chi connectivity index (χ0n) is 13.8. The number of carbonyl (C=O) groups is 1. The number of nitrogens with zero attached hydrogens (tertiary/aromatic N) is 3. The minimum Gasteiger partial charge on any atom is -0.392 e. The van der Waals surface area contributed by atoms with Crippen LogP contribution in [-0.4, -0.2) is 83.7 Å². The Bertz CT molecular complexity index is 332. The topological polar surface area (TPSA) is 47.0 Å². The van der Waals surface area contributed by atoms with E-state index in [1.165, 1.54) is 12.8 Å². The van der Waals surface area contributed by atoms with Crippen molar-refractivity contribution in [1.29, 1.82) is 0 Å². The number of aliphatic hydroxyl groups excluding tert-OH is 1. The first kappa shape index (κ1) is 16.7. The Morgan fingerprint density at radius 3 is 2.05 bits per heavy atom. The molecule has 2 saturated heterocycles. The number of rotatable bonds is 5. The van der Waals surface area contributed by atoms with E-state index < -0.39 is 0 Å². The van der Waals surface area contributed by atoms with Crippen LogP contribution in [0.1, 0.15) is 33.6 Å². The largest absolute Gasteiger partial charge is 0.392 e. The average Bonchev–Trinajstić information content (AvgIpc) is 2.92. The molecule has 0 aromatic rings. The minimum atomic E-state index is -0.291. The van der Waals surface area contributed by atoms with E-state index in [2.05, 4.69) is 23.6 Å². The summed E-state index contributed by atoms with van der Waals surface area (Å²) in [6, 6.07) is 0.0517. The van der Waals surface area contributed by atoms with E-state index in [4.69, 9.17) is 0 Å². The molecule has 2 atom stereocenters. The van der Waals surface area contributed by atoms with Gasteiger partial charge in [-0.3, -0.25) is 14.6 Å². The number of hydrogen-bond donors (Lipinski definition) is 1. The Labute approximate surface area is 128 Å². The van der Waals surface area contributed by atoms with Crippen LogP contribution in [0.3, 0.4) is 0 Å². The number of aliphatic hydroxyl groups is 1. The van der Waals surface area contributed by atoms with Crippen molar-refractivity contribution in [3.63, 3.8) is 0 Å². The van der Waals surface area contributed by atoms with Gasteiger partial charge in [-0.1, -0.05) is 13.8 Å². The second kappa shape index (κ2) is 7.56. The molecule has 0 bridgehead atoms. The Kier molecular flexibility index (Phi) is 6.02. The third kappa shape index (κ3) is 4.41. The highest BCUT2D eigenvalue weighted by atomic mass is 16.3. The van der Waals surface area contributed by atoms with Gasteiger partial charge in [0.15, 0.2) is 0 Å². The highest BCUT2D eigenvalue weighted by molar-refractivity contribution is 5.82. The van der Waals surface area contributed by atoms with Crippen LogP contribution in [-0.2, 0) is 4.79 Å². The van der Waals surface area contributed by atoms with E-state index in [9.17, 15) is 9.90 Å². The lowest BCUT2D eigenvalue weighted by Gasteiger charge is -2.39. The van der Waals surface area contributed by atoms with E-state index in [1.807, 2.05) is 11.8 Å². The third-order valence-electron chi connectivity index (χ3n) is 4.62. The van der Waals surface area contributed by atoms with Gasteiger partial charge >= 0.3 is 0 Å². The molecule has 0 radical (unpaired) electrons. The zero-order chi connectivity index (χ0) is 15.4. The predicted octanol–water partition coefficient (Wildman–Crippen LogP) is 0.632. The Morgan fingerprint density at radius 1 is 1.00 bits per heavy atom. The molecule has 0 spiro atoms. The zero-order valence-corrected chi connectivity index (χ0v) is 13.8. The lowest BCUT2D eigenvalue weighted by Crippen LogP contribution is -2.56. The maximum atomic E-state index is 12.9. The maximum absolute atomic E-state index is 12.9. The van der Waals surface area contributed by atoms with E-state index in [1.54, 1.807) is 0 Å². The van der Waals surface area contributed by atoms with Crippen LogP contribution < -0.4 is 0 Å². The SMILES string of the molecule is CC(C)[C@H](C(=O)N1CCN(C[C@@H](C)O)CC1)N1CCCC1. The molecule has 1 amide bonds. The Hall–Kier alpha value is -0.650. The van der Waals surface area contributed by atoms with Crippen molar-refractivity contribution in [1.82, 2.24) is 14.7 Å². The summed E-state index contributed by atoms with van der Waals surface area (Å²) in [7, 11) is 0. The molecule has 21 heavy (non-hydrogen) atoms. The second-order valence-corrected chi connectivity index (χ2v) is 6.91. The molecule has 2 rings (SSSR count). The van der Waals surface area contributed by atoms with Crippen LogP contribution in [0.15, 0.2) is 0 Å². The predicted molar refractivity (Wildman–Crippen MR) is 84.1 cm³/mol. The molecule has 2 heterocycles. The van der Waals surface area contributed by atoms with Crippen LogP contribution in [0.4, 0.5) is 0 Å². The van der Waals surface area contributed by atoms with Crippen LogP contribution in [0.5, 0.6) is 0 Å². The quantitative estimate of drug-likeness (QED) is 0.809. The number of β-amino-alcohol motifs (C(OH)–C–C–N with tert-alkyl or cyclic N) is 1. The molecule has 0 aromatic carbocycles. The Balaban J connectivity index is 1.90. The average molecular weight is 297 g/mol. The van der Waals surface area contributed by atoms with Crippen molar-refractivity contribution in [2.75, 3.05) is 45.8 Å². The lowest BCUT2D eigenvalue weighted by atomic mass is 10.0. The van der Waals surface area contributed by atoms with Crippen LogP contribution in [0.25, 0.3) is 0 Å². The van der Waals surface area contributed by atoms with E-state index >= 15 is 0 Å². The molecule has 0 unspecified atom stereocenters. The minimum absolute atomic E-state index is 0.0517. The maximum Gasteiger partial charge on any atom is 0.240 e. The van der Waals surface area contributed by atoms with Gasteiger partial charge in [0, 0.05) is 32.7 Å². The number of hydrogen-bond acceptors (Lipinski definition) is 4. The molecule has 2 fully saturated rings. The summed E-state index contributed by atoms with van der Waals surface area (Å²) >= 11 is 0. The van der Waals surface area contributed by atoms with Gasteiger partial charge in [-0.15, -0.1) is 0 Å². The summed E-state index contributed by atoms with van der Waals surface area (Å²) in [5.41, 5.74) is 0. The van der Waals surface area contributed by atoms with Gasteiger partial charge < -0.3 is 10.0 Å². The molecular formula is C16H31N3O2. The normalized spacial score (nSPS) is 24.5. The molecule has 0 aromatic heterocycles. The molecule has 5 nitrogen and oxygen atoms in total. The highest BCUT2D eigenvalue weighted by Crippen LogP contribution is 2.20. The monoisotopic (exact) mass is 297 g/mol. The van der Waals surface area contributed by atoms with Gasteiger partial charge in [0.2, 0.25) is 5.91 Å². The first-order valence-electron chi connectivity index (χ1n) is 8.42. The van der Waals surface area contributed by atoms with Crippen LogP contribution in [0, 0.1) is 5.92 Å². The number of likely N-dealkylation sites (tertiary alicyclic amines) is 1. The van der Waals surface area contributed by atoms with E-state index in [0.717, 1.165) is 39.3 Å². The smallest absolute Gasteiger partial charge is 0.240 e. The van der Waals surface area contributed by atoms with Crippen molar-refractivity contribution in [3.8, 4) is 0 Å². The fraction of sp³-hybridized carbons (Fsp3) is 0.938. The van der Waals surface area contributed by atoms with Crippen LogP contribution in [0.2, 0.25) is 0 Å². The Morgan fingerprint density at radius 2 is 1.57 bits per heavy atom. The van der Waals surface area contributed by atoms with E-state index in [0.29, 0.717) is 18.4 Å². The van der Waals surface area contributed by atoms with Gasteiger partial charge in [-0.2, -0.15) is 0 Å². The van der Waals surface area contributed by atoms with Crippen LogP contribution >= 0.6 is 0 Å². The van der Waals surface area contributed by atoms with Crippen molar-refractivity contribution in [2.45, 2.75) is 45.8 Å². The molecule has 122 valence electrons. The molecule has 0 saturated carbocycles. The molecule has 1 N–H and O–H groups in total. The first-order chi connectivity index (χ1) is 9.99. The summed E-state index contributed by atoms with van der Waals surface area (Å²) < 4.78 is 0. The van der Waals surface area contributed by atoms with Crippen molar-refractivity contribution < 1.29 is 9.90 Å². The van der Waals surface area contributed by atoms with Gasteiger partial charge in [-0.25, -0.2) is 0 Å². The second-order valence-electron chi connectivity index (χ2n) is 6.91.